The van der Waals surface area contributed by atoms with E-state index < -0.39 is 0 Å². The van der Waals surface area contributed by atoms with Gasteiger partial charge in [0.25, 0.3) is 0 Å². The molecule has 0 aliphatic carbocycles. The number of halogens is 2. The Kier molecular flexibility index (Phi) is 5.95. The molecule has 2 heterocycles. The molecular weight excluding hydrogens is 379 g/mol. The zero-order valence-electron chi connectivity index (χ0n) is 15.6. The van der Waals surface area contributed by atoms with E-state index in [1.807, 2.05) is 30.3 Å². The first-order valence-corrected chi connectivity index (χ1v) is 10.1. The Bertz CT molecular complexity index is 830. The normalized spacial score (nSPS) is 24.7. The van der Waals surface area contributed by atoms with Gasteiger partial charge >= 0.3 is 0 Å². The molecule has 1 amide bonds. The first-order valence-electron chi connectivity index (χ1n) is 9.72. The minimum Gasteiger partial charge on any atom is -0.371 e. The van der Waals surface area contributed by atoms with Gasteiger partial charge in [-0.05, 0) is 48.2 Å². The lowest BCUT2D eigenvalue weighted by molar-refractivity contribution is -0.121. The molecule has 2 aromatic carbocycles. The van der Waals surface area contributed by atoms with Crippen molar-refractivity contribution in [3.63, 3.8) is 0 Å². The Balaban J connectivity index is 1.27. The van der Waals surface area contributed by atoms with Crippen LogP contribution in [-0.2, 0) is 16.0 Å². The fourth-order valence-corrected chi connectivity index (χ4v) is 4.23. The molecule has 1 N–H and O–H groups in total. The van der Waals surface area contributed by atoms with Crippen molar-refractivity contribution in [1.82, 2.24) is 10.2 Å². The Hall–Kier alpha value is -1.95. The second kappa shape index (κ2) is 8.60. The molecule has 148 valence electrons. The van der Waals surface area contributed by atoms with Crippen molar-refractivity contribution >= 4 is 17.5 Å². The van der Waals surface area contributed by atoms with Crippen LogP contribution in [0.25, 0.3) is 0 Å². The summed E-state index contributed by atoms with van der Waals surface area (Å²) in [6.07, 6.45) is 1.86. The standard InChI is InChI=1S/C22H24ClFN2O2/c23-17-7-5-16(6-8-17)21-13-26-12-19(11-20(26)14-28-21)25-22(27)9-4-15-2-1-3-18(24)10-15/h1-3,5-8,10,19-21H,4,9,11-14H2,(H,25,27)/t19-,20-,21+/m0/s1. The number of aryl methyl sites for hydroxylation is 1. The SMILES string of the molecule is O=C(CCc1cccc(F)c1)N[C@H]1C[C@H]2CO[C@@H](c3ccc(Cl)cc3)CN2C1. The molecule has 3 atom stereocenters. The summed E-state index contributed by atoms with van der Waals surface area (Å²) in [5, 5.41) is 3.86. The van der Waals surface area contributed by atoms with E-state index in [0.717, 1.165) is 35.7 Å². The van der Waals surface area contributed by atoms with E-state index in [2.05, 4.69) is 10.2 Å². The van der Waals surface area contributed by atoms with E-state index in [1.165, 1.54) is 12.1 Å². The number of benzene rings is 2. The number of amides is 1. The molecule has 0 unspecified atom stereocenters. The van der Waals surface area contributed by atoms with Gasteiger partial charge < -0.3 is 10.1 Å². The summed E-state index contributed by atoms with van der Waals surface area (Å²) in [5.41, 5.74) is 1.98. The Labute approximate surface area is 169 Å². The highest BCUT2D eigenvalue weighted by Crippen LogP contribution is 2.30. The molecule has 0 saturated carbocycles. The minimum absolute atomic E-state index is 0.0178. The van der Waals surface area contributed by atoms with Gasteiger partial charge in [-0.25, -0.2) is 4.39 Å². The van der Waals surface area contributed by atoms with E-state index in [9.17, 15) is 9.18 Å². The summed E-state index contributed by atoms with van der Waals surface area (Å²) in [6.45, 7) is 2.33. The van der Waals surface area contributed by atoms with Crippen molar-refractivity contribution in [3.05, 3.63) is 70.5 Å². The second-order valence-corrected chi connectivity index (χ2v) is 8.05. The van der Waals surface area contributed by atoms with Gasteiger partial charge in [-0.2, -0.15) is 0 Å². The number of hydrogen-bond donors (Lipinski definition) is 1. The highest BCUT2D eigenvalue weighted by atomic mass is 35.5. The monoisotopic (exact) mass is 402 g/mol. The van der Waals surface area contributed by atoms with Crippen LogP contribution in [0.3, 0.4) is 0 Å². The minimum atomic E-state index is -0.263. The molecule has 2 aliphatic heterocycles. The summed E-state index contributed by atoms with van der Waals surface area (Å²) < 4.78 is 19.3. The first kappa shape index (κ1) is 19.4. The van der Waals surface area contributed by atoms with Crippen LogP contribution in [0.5, 0.6) is 0 Å². The van der Waals surface area contributed by atoms with Crippen molar-refractivity contribution in [2.24, 2.45) is 0 Å². The number of carbonyl (C=O) groups excluding carboxylic acids is 1. The molecule has 4 nitrogen and oxygen atoms in total. The summed E-state index contributed by atoms with van der Waals surface area (Å²) in [5.74, 6) is -0.245. The summed E-state index contributed by atoms with van der Waals surface area (Å²) in [4.78, 5) is 14.7. The fraction of sp³-hybridized carbons (Fsp3) is 0.409. The van der Waals surface area contributed by atoms with Crippen LogP contribution in [-0.4, -0.2) is 42.6 Å². The molecule has 0 aromatic heterocycles. The third-order valence-electron chi connectivity index (χ3n) is 5.55. The number of morpholine rings is 1. The molecule has 28 heavy (non-hydrogen) atoms. The fourth-order valence-electron chi connectivity index (χ4n) is 4.11. The van der Waals surface area contributed by atoms with Crippen LogP contribution in [0.1, 0.15) is 30.1 Å². The lowest BCUT2D eigenvalue weighted by Gasteiger charge is -2.35. The first-order chi connectivity index (χ1) is 13.6. The predicted octanol–water partition coefficient (Wildman–Crippen LogP) is 3.74. The van der Waals surface area contributed by atoms with Gasteiger partial charge in [-0.3, -0.25) is 9.69 Å². The van der Waals surface area contributed by atoms with Gasteiger partial charge in [0.15, 0.2) is 0 Å². The van der Waals surface area contributed by atoms with Crippen LogP contribution in [0.4, 0.5) is 4.39 Å². The van der Waals surface area contributed by atoms with E-state index in [4.69, 9.17) is 16.3 Å². The molecular formula is C22H24ClFN2O2. The molecule has 2 saturated heterocycles. The lowest BCUT2D eigenvalue weighted by atomic mass is 10.1. The topological polar surface area (TPSA) is 41.6 Å². The van der Waals surface area contributed by atoms with Crippen molar-refractivity contribution in [3.8, 4) is 0 Å². The number of fused-ring (bicyclic) bond motifs is 1. The van der Waals surface area contributed by atoms with Gasteiger partial charge in [0, 0.05) is 36.6 Å². The van der Waals surface area contributed by atoms with Gasteiger partial charge in [0.05, 0.1) is 12.7 Å². The zero-order valence-corrected chi connectivity index (χ0v) is 16.4. The molecule has 6 heteroatoms. The van der Waals surface area contributed by atoms with Gasteiger partial charge in [0.2, 0.25) is 5.91 Å². The smallest absolute Gasteiger partial charge is 0.220 e. The molecule has 0 spiro atoms. The number of ether oxygens (including phenoxy) is 1. The number of nitrogens with zero attached hydrogens (tertiary/aromatic N) is 1. The third kappa shape index (κ3) is 4.72. The van der Waals surface area contributed by atoms with E-state index >= 15 is 0 Å². The molecule has 2 aromatic rings. The van der Waals surface area contributed by atoms with Crippen LogP contribution < -0.4 is 5.32 Å². The Morgan fingerprint density at radius 1 is 1.21 bits per heavy atom. The van der Waals surface area contributed by atoms with E-state index in [0.29, 0.717) is 25.5 Å². The highest BCUT2D eigenvalue weighted by molar-refractivity contribution is 6.30. The second-order valence-electron chi connectivity index (χ2n) is 7.61. The molecule has 4 rings (SSSR count). The maximum absolute atomic E-state index is 13.2. The summed E-state index contributed by atoms with van der Waals surface area (Å²) in [7, 11) is 0. The summed E-state index contributed by atoms with van der Waals surface area (Å²) >= 11 is 5.97. The summed E-state index contributed by atoms with van der Waals surface area (Å²) in [6, 6.07) is 14.7. The quantitative estimate of drug-likeness (QED) is 0.828. The van der Waals surface area contributed by atoms with Crippen molar-refractivity contribution in [2.45, 2.75) is 37.5 Å². The average Bonchev–Trinajstić information content (AvgIpc) is 3.08. The van der Waals surface area contributed by atoms with Gasteiger partial charge in [-0.15, -0.1) is 0 Å². The number of nitrogens with one attached hydrogen (secondary N) is 1. The average molecular weight is 403 g/mol. The Morgan fingerprint density at radius 3 is 2.82 bits per heavy atom. The van der Waals surface area contributed by atoms with Crippen LogP contribution >= 0.6 is 11.6 Å². The Morgan fingerprint density at radius 2 is 2.04 bits per heavy atom. The highest BCUT2D eigenvalue weighted by Gasteiger charge is 2.38. The maximum atomic E-state index is 13.2. The van der Waals surface area contributed by atoms with Crippen molar-refractivity contribution < 1.29 is 13.9 Å². The largest absolute Gasteiger partial charge is 0.371 e. The lowest BCUT2D eigenvalue weighted by Crippen LogP contribution is -2.43. The third-order valence-corrected chi connectivity index (χ3v) is 5.81. The van der Waals surface area contributed by atoms with E-state index in [-0.39, 0.29) is 23.9 Å². The number of hydrogen-bond acceptors (Lipinski definition) is 3. The molecule has 2 aliphatic rings. The van der Waals surface area contributed by atoms with Crippen molar-refractivity contribution in [2.75, 3.05) is 19.7 Å². The van der Waals surface area contributed by atoms with Gasteiger partial charge in [0.1, 0.15) is 5.82 Å². The molecule has 0 radical (unpaired) electrons. The zero-order chi connectivity index (χ0) is 19.5. The predicted molar refractivity (Wildman–Crippen MR) is 107 cm³/mol. The van der Waals surface area contributed by atoms with Crippen LogP contribution in [0, 0.1) is 5.82 Å². The van der Waals surface area contributed by atoms with Crippen LogP contribution in [0.15, 0.2) is 48.5 Å². The maximum Gasteiger partial charge on any atom is 0.220 e. The van der Waals surface area contributed by atoms with Crippen LogP contribution in [0.2, 0.25) is 5.02 Å². The van der Waals surface area contributed by atoms with Gasteiger partial charge in [-0.1, -0.05) is 35.9 Å². The number of rotatable bonds is 5. The molecule has 0 bridgehead atoms. The van der Waals surface area contributed by atoms with Crippen molar-refractivity contribution in [1.29, 1.82) is 0 Å². The molecule has 2 fully saturated rings. The van der Waals surface area contributed by atoms with E-state index in [1.54, 1.807) is 6.07 Å². The number of carbonyl (C=O) groups is 1.